The molecule has 2 heterocycles. The molecule has 0 aliphatic heterocycles. The molecule has 0 unspecified atom stereocenters. The van der Waals surface area contributed by atoms with Crippen molar-refractivity contribution in [2.75, 3.05) is 0 Å². The number of fused-ring (bicyclic) bond motifs is 1. The number of thiophene rings is 1. The molecular weight excluding hydrogens is 333 g/mol. The molecule has 0 N–H and O–H groups in total. The van der Waals surface area contributed by atoms with Crippen molar-refractivity contribution in [1.82, 2.24) is 4.98 Å². The smallest absolute Gasteiger partial charge is 0.341 e. The molecule has 0 amide bonds. The van der Waals surface area contributed by atoms with Crippen LogP contribution in [0.2, 0.25) is 0 Å². The standard InChI is InChI=1S/C13H13BrFNO2S/c1-13(2,3)18-12(17)8-6-19-11-9(14)4-7(5-15)16-10(8)11/h4,6H,5H2,1-3H3. The summed E-state index contributed by atoms with van der Waals surface area (Å²) < 4.78 is 19.6. The summed E-state index contributed by atoms with van der Waals surface area (Å²) >= 11 is 4.75. The third-order valence-corrected chi connectivity index (χ3v) is 4.18. The molecule has 0 aliphatic rings. The largest absolute Gasteiger partial charge is 0.456 e. The molecule has 2 aromatic heterocycles. The van der Waals surface area contributed by atoms with E-state index >= 15 is 0 Å². The molecule has 6 heteroatoms. The van der Waals surface area contributed by atoms with Crippen LogP contribution in [0.1, 0.15) is 36.8 Å². The number of hydrogen-bond donors (Lipinski definition) is 0. The van der Waals surface area contributed by atoms with Gasteiger partial charge in [-0.05, 0) is 42.8 Å². The van der Waals surface area contributed by atoms with Crippen molar-refractivity contribution in [3.05, 3.63) is 27.2 Å². The molecule has 2 rings (SSSR count). The fourth-order valence-corrected chi connectivity index (χ4v) is 3.18. The van der Waals surface area contributed by atoms with E-state index in [1.165, 1.54) is 11.3 Å². The second-order valence-electron chi connectivity index (χ2n) is 5.06. The zero-order valence-corrected chi connectivity index (χ0v) is 13.2. The number of aromatic nitrogens is 1. The molecule has 0 saturated heterocycles. The lowest BCUT2D eigenvalue weighted by Crippen LogP contribution is -2.23. The van der Waals surface area contributed by atoms with Crippen LogP contribution in [-0.4, -0.2) is 16.6 Å². The highest BCUT2D eigenvalue weighted by atomic mass is 79.9. The van der Waals surface area contributed by atoms with Crippen molar-refractivity contribution in [2.45, 2.75) is 33.0 Å². The fourth-order valence-electron chi connectivity index (χ4n) is 1.57. The number of esters is 1. The number of carbonyl (C=O) groups excluding carboxylic acids is 1. The number of alkyl halides is 1. The van der Waals surface area contributed by atoms with Crippen LogP contribution in [0.4, 0.5) is 4.39 Å². The quantitative estimate of drug-likeness (QED) is 0.753. The average molecular weight is 346 g/mol. The lowest BCUT2D eigenvalue weighted by Gasteiger charge is -2.19. The number of carbonyl (C=O) groups is 1. The Kier molecular flexibility index (Phi) is 3.92. The molecular formula is C13H13BrFNO2S. The predicted molar refractivity (Wildman–Crippen MR) is 77.3 cm³/mol. The summed E-state index contributed by atoms with van der Waals surface area (Å²) in [4.78, 5) is 16.3. The lowest BCUT2D eigenvalue weighted by atomic mass is 10.2. The number of halogens is 2. The van der Waals surface area contributed by atoms with E-state index in [-0.39, 0.29) is 0 Å². The minimum Gasteiger partial charge on any atom is -0.456 e. The van der Waals surface area contributed by atoms with Gasteiger partial charge in [-0.25, -0.2) is 14.2 Å². The van der Waals surface area contributed by atoms with Gasteiger partial charge in [-0.15, -0.1) is 11.3 Å². The highest BCUT2D eigenvalue weighted by molar-refractivity contribution is 9.10. The van der Waals surface area contributed by atoms with E-state index in [0.717, 1.165) is 9.17 Å². The summed E-state index contributed by atoms with van der Waals surface area (Å²) in [5.41, 5.74) is 0.593. The van der Waals surface area contributed by atoms with Crippen LogP contribution < -0.4 is 0 Å². The molecule has 0 aliphatic carbocycles. The summed E-state index contributed by atoms with van der Waals surface area (Å²) in [5, 5.41) is 1.69. The van der Waals surface area contributed by atoms with E-state index in [1.807, 2.05) is 0 Å². The molecule has 102 valence electrons. The van der Waals surface area contributed by atoms with Crippen LogP contribution in [-0.2, 0) is 11.4 Å². The van der Waals surface area contributed by atoms with Gasteiger partial charge in [0.1, 0.15) is 12.3 Å². The van der Waals surface area contributed by atoms with Gasteiger partial charge < -0.3 is 4.74 Å². The summed E-state index contributed by atoms with van der Waals surface area (Å²) in [6, 6.07) is 1.62. The first-order valence-corrected chi connectivity index (χ1v) is 7.35. The van der Waals surface area contributed by atoms with Crippen molar-refractivity contribution in [1.29, 1.82) is 0 Å². The van der Waals surface area contributed by atoms with Gasteiger partial charge in [0.25, 0.3) is 0 Å². The van der Waals surface area contributed by atoms with E-state index in [2.05, 4.69) is 20.9 Å². The Balaban J connectivity index is 2.50. The van der Waals surface area contributed by atoms with Crippen LogP contribution in [0.5, 0.6) is 0 Å². The van der Waals surface area contributed by atoms with Gasteiger partial charge in [0.2, 0.25) is 0 Å². The van der Waals surface area contributed by atoms with Crippen molar-refractivity contribution >= 4 is 43.5 Å². The first-order valence-electron chi connectivity index (χ1n) is 5.68. The number of ether oxygens (including phenoxy) is 1. The molecule has 0 spiro atoms. The van der Waals surface area contributed by atoms with Crippen molar-refractivity contribution in [2.24, 2.45) is 0 Å². The van der Waals surface area contributed by atoms with E-state index in [9.17, 15) is 9.18 Å². The second-order valence-corrected chi connectivity index (χ2v) is 6.79. The van der Waals surface area contributed by atoms with Gasteiger partial charge in [-0.3, -0.25) is 0 Å². The lowest BCUT2D eigenvalue weighted by molar-refractivity contribution is 0.00721. The monoisotopic (exact) mass is 345 g/mol. The zero-order chi connectivity index (χ0) is 14.2. The number of rotatable bonds is 2. The van der Waals surface area contributed by atoms with E-state index in [0.29, 0.717) is 16.8 Å². The van der Waals surface area contributed by atoms with E-state index in [4.69, 9.17) is 4.74 Å². The van der Waals surface area contributed by atoms with Crippen molar-refractivity contribution < 1.29 is 13.9 Å². The van der Waals surface area contributed by atoms with Gasteiger partial charge in [-0.2, -0.15) is 0 Å². The first-order chi connectivity index (χ1) is 8.81. The third kappa shape index (κ3) is 3.12. The van der Waals surface area contributed by atoms with E-state index < -0.39 is 18.2 Å². The van der Waals surface area contributed by atoms with Crippen LogP contribution >= 0.6 is 27.3 Å². The fraction of sp³-hybridized carbons (Fsp3) is 0.385. The molecule has 0 saturated carbocycles. The Bertz CT molecular complexity index is 633. The Morgan fingerprint density at radius 3 is 2.79 bits per heavy atom. The van der Waals surface area contributed by atoms with Crippen molar-refractivity contribution in [3.8, 4) is 0 Å². The maximum Gasteiger partial charge on any atom is 0.341 e. The predicted octanol–water partition coefficient (Wildman–Crippen LogP) is 4.48. The Labute approximate surface area is 122 Å². The minimum absolute atomic E-state index is 0.294. The summed E-state index contributed by atoms with van der Waals surface area (Å²) in [6.07, 6.45) is 0. The molecule has 19 heavy (non-hydrogen) atoms. The number of hydrogen-bond acceptors (Lipinski definition) is 4. The van der Waals surface area contributed by atoms with Crippen molar-refractivity contribution in [3.63, 3.8) is 0 Å². The normalized spacial score (nSPS) is 11.8. The van der Waals surface area contributed by atoms with Crippen LogP contribution in [0.15, 0.2) is 15.9 Å². The van der Waals surface area contributed by atoms with Gasteiger partial charge in [0.05, 0.1) is 21.5 Å². The molecule has 0 radical (unpaired) electrons. The van der Waals surface area contributed by atoms with Gasteiger partial charge in [-0.1, -0.05) is 0 Å². The molecule has 0 aromatic carbocycles. The van der Waals surface area contributed by atoms with Gasteiger partial charge in [0.15, 0.2) is 0 Å². The van der Waals surface area contributed by atoms with Crippen LogP contribution in [0.25, 0.3) is 10.2 Å². The van der Waals surface area contributed by atoms with Gasteiger partial charge >= 0.3 is 5.97 Å². The molecule has 0 fully saturated rings. The molecule has 2 aromatic rings. The number of pyridine rings is 1. The highest BCUT2D eigenvalue weighted by Crippen LogP contribution is 2.32. The summed E-state index contributed by atoms with van der Waals surface area (Å²) in [5.74, 6) is -0.436. The van der Waals surface area contributed by atoms with Gasteiger partial charge in [0, 0.05) is 9.85 Å². The third-order valence-electron chi connectivity index (χ3n) is 2.29. The zero-order valence-electron chi connectivity index (χ0n) is 10.8. The molecule has 3 nitrogen and oxygen atoms in total. The van der Waals surface area contributed by atoms with E-state index in [1.54, 1.807) is 32.2 Å². The second kappa shape index (κ2) is 5.17. The maximum atomic E-state index is 12.7. The first kappa shape index (κ1) is 14.4. The minimum atomic E-state index is -0.669. The number of nitrogens with zero attached hydrogens (tertiary/aromatic N) is 1. The summed E-state index contributed by atoms with van der Waals surface area (Å²) in [6.45, 7) is 4.74. The average Bonchev–Trinajstić information content (AvgIpc) is 2.70. The molecule has 0 bridgehead atoms. The SMILES string of the molecule is CC(C)(C)OC(=O)c1csc2c(Br)cc(CF)nc12. The highest BCUT2D eigenvalue weighted by Gasteiger charge is 2.22. The Morgan fingerprint density at radius 2 is 2.21 bits per heavy atom. The summed E-state index contributed by atoms with van der Waals surface area (Å²) in [7, 11) is 0. The van der Waals surface area contributed by atoms with Crippen LogP contribution in [0, 0.1) is 0 Å². The molecule has 0 atom stereocenters. The Morgan fingerprint density at radius 1 is 1.53 bits per heavy atom. The van der Waals surface area contributed by atoms with Crippen LogP contribution in [0.3, 0.4) is 0 Å². The topological polar surface area (TPSA) is 39.2 Å². The Hall–Kier alpha value is -1.01. The maximum absolute atomic E-state index is 12.7.